The van der Waals surface area contributed by atoms with Crippen molar-refractivity contribution in [1.82, 2.24) is 5.32 Å². The summed E-state index contributed by atoms with van der Waals surface area (Å²) in [5.41, 5.74) is 0.248. The van der Waals surface area contributed by atoms with Crippen molar-refractivity contribution in [3.05, 3.63) is 29.8 Å². The molecule has 31 heavy (non-hydrogen) atoms. The Balaban J connectivity index is 2.94. The van der Waals surface area contributed by atoms with Crippen LogP contribution in [0.1, 0.15) is 46.1 Å². The fourth-order valence-corrected chi connectivity index (χ4v) is 2.49. The van der Waals surface area contributed by atoms with Crippen LogP contribution >= 0.6 is 0 Å². The van der Waals surface area contributed by atoms with E-state index in [0.29, 0.717) is 24.1 Å². The molecule has 0 fully saturated rings. The largest absolute Gasteiger partial charge is 0.480 e. The van der Waals surface area contributed by atoms with E-state index in [4.69, 9.17) is 9.47 Å². The number of esters is 1. The number of methoxy groups -OCH3 is 1. The second-order valence-corrected chi connectivity index (χ2v) is 7.72. The first-order valence-corrected chi connectivity index (χ1v) is 9.77. The topological polar surface area (TPSA) is 140 Å². The maximum Gasteiger partial charge on any atom is 0.408 e. The van der Waals surface area contributed by atoms with Gasteiger partial charge < -0.3 is 30.0 Å². The monoisotopic (exact) mass is 438 g/mol. The molecule has 1 aromatic rings. The first-order valence-electron chi connectivity index (χ1n) is 9.77. The highest BCUT2D eigenvalue weighted by Gasteiger charge is 2.38. The number of alkyl carbamates (subject to hydrolysis) is 1. The van der Waals surface area contributed by atoms with Gasteiger partial charge in [-0.05, 0) is 44.9 Å². The first-order chi connectivity index (χ1) is 14.5. The van der Waals surface area contributed by atoms with Crippen molar-refractivity contribution < 1.29 is 38.5 Å². The molecular formula is C21H30N2O8. The van der Waals surface area contributed by atoms with E-state index in [0.717, 1.165) is 7.11 Å². The lowest BCUT2D eigenvalue weighted by Gasteiger charge is -2.25. The number of amides is 2. The number of benzene rings is 1. The Hall–Kier alpha value is -3.14. The fourth-order valence-electron chi connectivity index (χ4n) is 2.49. The summed E-state index contributed by atoms with van der Waals surface area (Å²) in [6.07, 6.45) is -1.57. The zero-order valence-electron chi connectivity index (χ0n) is 18.4. The lowest BCUT2D eigenvalue weighted by atomic mass is 10.1. The van der Waals surface area contributed by atoms with E-state index in [-0.39, 0.29) is 12.5 Å². The molecule has 10 heteroatoms. The molecule has 0 aliphatic carbocycles. The van der Waals surface area contributed by atoms with Crippen molar-refractivity contribution >= 4 is 29.6 Å². The number of nitrogens with one attached hydrogen (secondary N) is 2. The number of aliphatic carboxylic acids is 1. The predicted molar refractivity (Wildman–Crippen MR) is 111 cm³/mol. The van der Waals surface area contributed by atoms with E-state index in [1.807, 2.05) is 6.92 Å². The molecule has 0 bridgehead atoms. The molecule has 1 aromatic carbocycles. The third-order valence-electron chi connectivity index (χ3n) is 3.79. The first kappa shape index (κ1) is 25.9. The number of hydrogen-bond acceptors (Lipinski definition) is 7. The summed E-state index contributed by atoms with van der Waals surface area (Å²) in [5.74, 6) is -2.61. The molecule has 0 aliphatic heterocycles. The number of carbonyl (C=O) groups excluding carboxylic acids is 3. The number of carboxylic acids is 1. The molecule has 0 heterocycles. The predicted octanol–water partition coefficient (Wildman–Crippen LogP) is 2.46. The van der Waals surface area contributed by atoms with Crippen LogP contribution in [0, 0.1) is 0 Å². The molecule has 0 radical (unpaired) electrons. The van der Waals surface area contributed by atoms with Crippen molar-refractivity contribution in [3.8, 4) is 0 Å². The Morgan fingerprint density at radius 2 is 1.84 bits per heavy atom. The van der Waals surface area contributed by atoms with Gasteiger partial charge >= 0.3 is 18.0 Å². The van der Waals surface area contributed by atoms with Crippen LogP contribution < -0.4 is 10.6 Å². The lowest BCUT2D eigenvalue weighted by Crippen LogP contribution is -2.54. The summed E-state index contributed by atoms with van der Waals surface area (Å²) in [5, 5.41) is 14.4. The smallest absolute Gasteiger partial charge is 0.408 e. The van der Waals surface area contributed by atoms with Gasteiger partial charge in [0.2, 0.25) is 5.91 Å². The van der Waals surface area contributed by atoms with Crippen LogP contribution in [0.25, 0.3) is 0 Å². The molecule has 0 aliphatic rings. The lowest BCUT2D eigenvalue weighted by molar-refractivity contribution is -0.163. The Labute approximate surface area is 181 Å². The van der Waals surface area contributed by atoms with E-state index in [9.17, 15) is 24.3 Å². The van der Waals surface area contributed by atoms with Crippen LogP contribution in [-0.2, 0) is 35.2 Å². The molecule has 0 saturated heterocycles. The fraction of sp³-hybridized carbons (Fsp3) is 0.524. The maximum absolute atomic E-state index is 12.2. The Kier molecular flexibility index (Phi) is 9.94. The van der Waals surface area contributed by atoms with Crippen LogP contribution in [0.4, 0.5) is 10.5 Å². The quantitative estimate of drug-likeness (QED) is 0.473. The number of rotatable bonds is 10. The molecule has 3 N–H and O–H groups in total. The minimum Gasteiger partial charge on any atom is -0.480 e. The van der Waals surface area contributed by atoms with Crippen LogP contribution in [0.15, 0.2) is 24.3 Å². The molecule has 0 spiro atoms. The van der Waals surface area contributed by atoms with Gasteiger partial charge in [-0.3, -0.25) is 4.79 Å². The molecule has 10 nitrogen and oxygen atoms in total. The summed E-state index contributed by atoms with van der Waals surface area (Å²) >= 11 is 0. The highest BCUT2D eigenvalue weighted by molar-refractivity contribution is 5.90. The highest BCUT2D eigenvalue weighted by atomic mass is 16.6. The summed E-state index contributed by atoms with van der Waals surface area (Å²) < 4.78 is 15.2. The molecule has 0 unspecified atom stereocenters. The van der Waals surface area contributed by atoms with Crippen molar-refractivity contribution in [1.29, 1.82) is 0 Å². The minimum absolute atomic E-state index is 0.138. The van der Waals surface area contributed by atoms with Gasteiger partial charge in [-0.15, -0.1) is 0 Å². The zero-order valence-corrected chi connectivity index (χ0v) is 18.4. The molecule has 2 atom stereocenters. The number of anilines is 1. The number of carbonyl (C=O) groups is 4. The van der Waals surface area contributed by atoms with Gasteiger partial charge in [0.05, 0.1) is 13.7 Å². The van der Waals surface area contributed by atoms with Crippen molar-refractivity contribution in [2.75, 3.05) is 12.4 Å². The maximum atomic E-state index is 12.2. The Bertz CT molecular complexity index is 788. The van der Waals surface area contributed by atoms with E-state index in [1.54, 1.807) is 45.0 Å². The Morgan fingerprint density at radius 3 is 2.39 bits per heavy atom. The van der Waals surface area contributed by atoms with E-state index < -0.39 is 35.8 Å². The zero-order chi connectivity index (χ0) is 23.6. The average Bonchev–Trinajstić information content (AvgIpc) is 2.65. The van der Waals surface area contributed by atoms with Crippen LogP contribution in [-0.4, -0.2) is 53.9 Å². The summed E-state index contributed by atoms with van der Waals surface area (Å²) in [4.78, 5) is 47.7. The standard InChI is InChI=1S/C21H30N2O8/c1-6-8-15(24)22-14-10-7-9-13(11-14)12-30-17(19(27)29-5)16(18(25)26)23-20(28)31-21(2,3)4/h7,9-11,16-17H,6,8,12H2,1-5H3,(H,22,24)(H,23,28)(H,25,26)/t16-,17-/m1/s1. The summed E-state index contributed by atoms with van der Waals surface area (Å²) in [6, 6.07) is 4.95. The van der Waals surface area contributed by atoms with Crippen LogP contribution in [0.2, 0.25) is 0 Å². The van der Waals surface area contributed by atoms with Gasteiger partial charge in [0.1, 0.15) is 5.60 Å². The number of hydrogen-bond donors (Lipinski definition) is 3. The SMILES string of the molecule is CCCC(=O)Nc1cccc(CO[C@@H](C(=O)OC)[C@@H](NC(=O)OC(C)(C)C)C(=O)O)c1. The second kappa shape index (κ2) is 11.9. The molecule has 0 saturated carbocycles. The molecule has 2 amide bonds. The normalized spacial score (nSPS) is 12.9. The highest BCUT2D eigenvalue weighted by Crippen LogP contribution is 2.15. The van der Waals surface area contributed by atoms with E-state index in [1.165, 1.54) is 0 Å². The van der Waals surface area contributed by atoms with Crippen molar-refractivity contribution in [2.24, 2.45) is 0 Å². The number of ether oxygens (including phenoxy) is 3. The van der Waals surface area contributed by atoms with Crippen LogP contribution in [0.3, 0.4) is 0 Å². The number of carboxylic acid groups (broad SMARTS) is 1. The van der Waals surface area contributed by atoms with Gasteiger partial charge in [-0.2, -0.15) is 0 Å². The third kappa shape index (κ3) is 9.47. The second-order valence-electron chi connectivity index (χ2n) is 7.72. The summed E-state index contributed by atoms with van der Waals surface area (Å²) in [6.45, 7) is 6.56. The third-order valence-corrected chi connectivity index (χ3v) is 3.79. The van der Waals surface area contributed by atoms with Gasteiger partial charge in [-0.25, -0.2) is 14.4 Å². The molecule has 172 valence electrons. The van der Waals surface area contributed by atoms with Gasteiger partial charge in [0.25, 0.3) is 0 Å². The molecule has 1 rings (SSSR count). The molecule has 0 aromatic heterocycles. The van der Waals surface area contributed by atoms with Crippen molar-refractivity contribution in [2.45, 2.75) is 64.9 Å². The molecular weight excluding hydrogens is 408 g/mol. The average molecular weight is 438 g/mol. The van der Waals surface area contributed by atoms with E-state index >= 15 is 0 Å². The summed E-state index contributed by atoms with van der Waals surface area (Å²) in [7, 11) is 1.08. The van der Waals surface area contributed by atoms with Gasteiger partial charge in [-0.1, -0.05) is 19.1 Å². The van der Waals surface area contributed by atoms with Crippen molar-refractivity contribution in [3.63, 3.8) is 0 Å². The van der Waals surface area contributed by atoms with E-state index in [2.05, 4.69) is 15.4 Å². The minimum atomic E-state index is -1.74. The van der Waals surface area contributed by atoms with Gasteiger partial charge in [0.15, 0.2) is 12.1 Å². The van der Waals surface area contributed by atoms with Crippen LogP contribution in [0.5, 0.6) is 0 Å². The van der Waals surface area contributed by atoms with Gasteiger partial charge in [0, 0.05) is 12.1 Å². The Morgan fingerprint density at radius 1 is 1.16 bits per heavy atom.